The molecule has 0 spiro atoms. The molecule has 0 aliphatic carbocycles. The van der Waals surface area contributed by atoms with E-state index in [1.54, 1.807) is 16.6 Å². The molecule has 24 heavy (non-hydrogen) atoms. The topological polar surface area (TPSA) is 110 Å². The number of piperidine rings is 1. The summed E-state index contributed by atoms with van der Waals surface area (Å²) in [7, 11) is -1.93. The van der Waals surface area contributed by atoms with Gasteiger partial charge >= 0.3 is 0 Å². The second-order valence-corrected chi connectivity index (χ2v) is 7.57. The van der Waals surface area contributed by atoms with E-state index in [0.717, 1.165) is 5.69 Å². The van der Waals surface area contributed by atoms with Crippen LogP contribution in [0, 0.1) is 6.92 Å². The Morgan fingerprint density at radius 2 is 2.25 bits per heavy atom. The van der Waals surface area contributed by atoms with Crippen LogP contribution in [-0.2, 0) is 27.6 Å². The van der Waals surface area contributed by atoms with Gasteiger partial charge < -0.3 is 4.52 Å². The number of carbonyl (C=O) groups excluding carboxylic acids is 1. The van der Waals surface area contributed by atoms with Crippen LogP contribution >= 0.6 is 0 Å². The van der Waals surface area contributed by atoms with Crippen molar-refractivity contribution in [2.24, 2.45) is 7.05 Å². The van der Waals surface area contributed by atoms with Crippen LogP contribution in [0.1, 0.15) is 24.2 Å². The van der Waals surface area contributed by atoms with E-state index in [-0.39, 0.29) is 11.7 Å². The number of nitrogens with zero attached hydrogens (tertiary/aromatic N) is 4. The number of hydrogen-bond acceptors (Lipinski definition) is 6. The van der Waals surface area contributed by atoms with Crippen molar-refractivity contribution in [2.45, 2.75) is 31.6 Å². The van der Waals surface area contributed by atoms with Crippen molar-refractivity contribution in [3.05, 3.63) is 29.8 Å². The molecule has 9 nitrogen and oxygen atoms in total. The maximum atomic E-state index is 12.7. The molecule has 1 saturated heterocycles. The number of amides is 1. The minimum Gasteiger partial charge on any atom is -0.364 e. The van der Waals surface area contributed by atoms with Gasteiger partial charge in [0.1, 0.15) is 23.9 Å². The lowest BCUT2D eigenvalue weighted by Gasteiger charge is -2.32. The standard InChI is InChI=1S/C14H19N5O4S/c1-10-8-13(18(2)15-10)19-6-3-4-12(14(19)20)17-24(21,22)9-11-5-7-23-16-11/h5,7-8,12,17H,3-4,6,9H2,1-2H3/t12-/m1/s1. The van der Waals surface area contributed by atoms with E-state index in [2.05, 4.69) is 19.5 Å². The van der Waals surface area contributed by atoms with Crippen LogP contribution in [0.4, 0.5) is 5.82 Å². The fourth-order valence-electron chi connectivity index (χ4n) is 2.83. The number of hydrogen-bond donors (Lipinski definition) is 1. The first kappa shape index (κ1) is 16.7. The van der Waals surface area contributed by atoms with Gasteiger partial charge in [-0.15, -0.1) is 0 Å². The largest absolute Gasteiger partial charge is 0.364 e. The summed E-state index contributed by atoms with van der Waals surface area (Å²) in [5.41, 5.74) is 1.10. The fourth-order valence-corrected chi connectivity index (χ4v) is 4.10. The summed E-state index contributed by atoms with van der Waals surface area (Å²) in [6.07, 6.45) is 2.47. The Labute approximate surface area is 139 Å². The third-order valence-corrected chi connectivity index (χ3v) is 5.16. The average molecular weight is 353 g/mol. The molecule has 3 rings (SSSR count). The van der Waals surface area contributed by atoms with Gasteiger partial charge in [0, 0.05) is 25.7 Å². The predicted molar refractivity (Wildman–Crippen MR) is 85.6 cm³/mol. The van der Waals surface area contributed by atoms with Crippen LogP contribution in [-0.4, -0.2) is 41.8 Å². The maximum Gasteiger partial charge on any atom is 0.246 e. The summed E-state index contributed by atoms with van der Waals surface area (Å²) in [5.74, 6) is 0.0730. The first-order valence-electron chi connectivity index (χ1n) is 7.57. The molecular formula is C14H19N5O4S. The Hall–Kier alpha value is -2.20. The number of aromatic nitrogens is 3. The number of nitrogens with one attached hydrogen (secondary N) is 1. The monoisotopic (exact) mass is 353 g/mol. The van der Waals surface area contributed by atoms with Crippen molar-refractivity contribution < 1.29 is 17.7 Å². The van der Waals surface area contributed by atoms with Crippen molar-refractivity contribution in [3.63, 3.8) is 0 Å². The Balaban J connectivity index is 1.74. The number of rotatable bonds is 5. The molecule has 3 heterocycles. The van der Waals surface area contributed by atoms with Gasteiger partial charge in [-0.1, -0.05) is 5.16 Å². The van der Waals surface area contributed by atoms with Crippen LogP contribution in [0.5, 0.6) is 0 Å². The van der Waals surface area contributed by atoms with Gasteiger partial charge in [0.25, 0.3) is 0 Å². The van der Waals surface area contributed by atoms with Gasteiger partial charge in [-0.2, -0.15) is 5.10 Å². The Kier molecular flexibility index (Phi) is 4.41. The molecule has 1 aliphatic heterocycles. The lowest BCUT2D eigenvalue weighted by atomic mass is 10.1. The zero-order chi connectivity index (χ0) is 17.3. The van der Waals surface area contributed by atoms with Gasteiger partial charge in [0.05, 0.1) is 11.4 Å². The summed E-state index contributed by atoms with van der Waals surface area (Å²) in [5, 5.41) is 7.83. The highest BCUT2D eigenvalue weighted by Gasteiger charge is 2.34. The number of anilines is 1. The van der Waals surface area contributed by atoms with Crippen LogP contribution in [0.15, 0.2) is 22.9 Å². The molecule has 2 aromatic heterocycles. The molecule has 0 radical (unpaired) electrons. The van der Waals surface area contributed by atoms with Crippen LogP contribution in [0.2, 0.25) is 0 Å². The molecule has 130 valence electrons. The van der Waals surface area contributed by atoms with E-state index < -0.39 is 16.1 Å². The minimum atomic E-state index is -3.69. The number of aryl methyl sites for hydroxylation is 2. The predicted octanol–water partition coefficient (Wildman–Crippen LogP) is 0.332. The molecule has 1 amide bonds. The van der Waals surface area contributed by atoms with Crippen molar-refractivity contribution in [3.8, 4) is 0 Å². The van der Waals surface area contributed by atoms with Crippen molar-refractivity contribution in [1.82, 2.24) is 19.7 Å². The SMILES string of the molecule is Cc1cc(N2CCC[C@@H](NS(=O)(=O)Cc3ccon3)C2=O)n(C)n1. The molecule has 0 bridgehead atoms. The summed E-state index contributed by atoms with van der Waals surface area (Å²) in [6, 6.07) is 2.50. The highest BCUT2D eigenvalue weighted by Crippen LogP contribution is 2.22. The fraction of sp³-hybridized carbons (Fsp3) is 0.500. The van der Waals surface area contributed by atoms with Crippen molar-refractivity contribution >= 4 is 21.7 Å². The third kappa shape index (κ3) is 3.49. The van der Waals surface area contributed by atoms with Gasteiger partial charge in [-0.05, 0) is 19.8 Å². The molecule has 1 N–H and O–H groups in total. The van der Waals surface area contributed by atoms with E-state index in [0.29, 0.717) is 30.9 Å². The van der Waals surface area contributed by atoms with Gasteiger partial charge in [-0.25, -0.2) is 13.1 Å². The second kappa shape index (κ2) is 6.36. The third-order valence-electron chi connectivity index (χ3n) is 3.84. The first-order chi connectivity index (χ1) is 11.4. The lowest BCUT2D eigenvalue weighted by molar-refractivity contribution is -0.121. The molecule has 10 heteroatoms. The molecule has 1 fully saturated rings. The highest BCUT2D eigenvalue weighted by molar-refractivity contribution is 7.88. The molecule has 2 aromatic rings. The minimum absolute atomic E-state index is 0.270. The highest BCUT2D eigenvalue weighted by atomic mass is 32.2. The Morgan fingerprint density at radius 3 is 2.88 bits per heavy atom. The van der Waals surface area contributed by atoms with Crippen LogP contribution in [0.3, 0.4) is 0 Å². The molecule has 1 aliphatic rings. The van der Waals surface area contributed by atoms with E-state index in [1.807, 2.05) is 13.0 Å². The zero-order valence-electron chi connectivity index (χ0n) is 13.5. The molecular weight excluding hydrogens is 334 g/mol. The first-order valence-corrected chi connectivity index (χ1v) is 9.22. The van der Waals surface area contributed by atoms with Crippen LogP contribution in [0.25, 0.3) is 0 Å². The van der Waals surface area contributed by atoms with E-state index in [9.17, 15) is 13.2 Å². The smallest absolute Gasteiger partial charge is 0.246 e. The van der Waals surface area contributed by atoms with Crippen molar-refractivity contribution in [2.75, 3.05) is 11.4 Å². The Bertz CT molecular complexity index is 827. The molecule has 1 atom stereocenters. The van der Waals surface area contributed by atoms with E-state index in [1.165, 1.54) is 12.3 Å². The van der Waals surface area contributed by atoms with Crippen LogP contribution < -0.4 is 9.62 Å². The number of carbonyl (C=O) groups is 1. The van der Waals surface area contributed by atoms with Gasteiger partial charge in [-0.3, -0.25) is 14.4 Å². The summed E-state index contributed by atoms with van der Waals surface area (Å²) >= 11 is 0. The van der Waals surface area contributed by atoms with E-state index >= 15 is 0 Å². The van der Waals surface area contributed by atoms with Crippen molar-refractivity contribution in [1.29, 1.82) is 0 Å². The molecule has 0 unspecified atom stereocenters. The average Bonchev–Trinajstić information content (AvgIpc) is 3.10. The molecule has 0 aromatic carbocycles. The maximum absolute atomic E-state index is 12.7. The quantitative estimate of drug-likeness (QED) is 0.829. The lowest BCUT2D eigenvalue weighted by Crippen LogP contribution is -2.53. The Morgan fingerprint density at radius 1 is 1.46 bits per heavy atom. The zero-order valence-corrected chi connectivity index (χ0v) is 14.3. The van der Waals surface area contributed by atoms with Gasteiger partial charge in [0.2, 0.25) is 15.9 Å². The second-order valence-electron chi connectivity index (χ2n) is 5.82. The van der Waals surface area contributed by atoms with Gasteiger partial charge in [0.15, 0.2) is 0 Å². The molecule has 0 saturated carbocycles. The normalized spacial score (nSPS) is 19.0. The number of sulfonamides is 1. The summed E-state index contributed by atoms with van der Waals surface area (Å²) in [4.78, 5) is 14.3. The summed E-state index contributed by atoms with van der Waals surface area (Å²) < 4.78 is 33.2. The summed E-state index contributed by atoms with van der Waals surface area (Å²) in [6.45, 7) is 2.38. The van der Waals surface area contributed by atoms with E-state index in [4.69, 9.17) is 0 Å².